The van der Waals surface area contributed by atoms with Crippen molar-refractivity contribution in [3.05, 3.63) is 90.6 Å². The summed E-state index contributed by atoms with van der Waals surface area (Å²) in [6, 6.07) is 24.2. The lowest BCUT2D eigenvalue weighted by atomic mass is 10.0. The van der Waals surface area contributed by atoms with Crippen molar-refractivity contribution in [3.63, 3.8) is 0 Å². The van der Waals surface area contributed by atoms with E-state index in [2.05, 4.69) is 10.3 Å². The number of rotatable bonds is 7. The van der Waals surface area contributed by atoms with Gasteiger partial charge >= 0.3 is 0 Å². The number of benzene rings is 3. The lowest BCUT2D eigenvalue weighted by Crippen LogP contribution is -2.11. The first-order valence-corrected chi connectivity index (χ1v) is 11.3. The fraction of sp³-hybridized carbons (Fsp3) is 0.103. The molecule has 0 radical (unpaired) electrons. The maximum Gasteiger partial charge on any atom is 0.255 e. The fourth-order valence-electron chi connectivity index (χ4n) is 4.06. The monoisotopic (exact) mass is 480 g/mol. The number of nitrogens with one attached hydrogen (secondary N) is 1. The van der Waals surface area contributed by atoms with Gasteiger partial charge in [-0.25, -0.2) is 0 Å². The van der Waals surface area contributed by atoms with Gasteiger partial charge in [-0.1, -0.05) is 30.3 Å². The normalized spacial score (nSPS) is 10.8. The first-order chi connectivity index (χ1) is 17.6. The van der Waals surface area contributed by atoms with Gasteiger partial charge in [0, 0.05) is 34.6 Å². The van der Waals surface area contributed by atoms with Crippen LogP contribution in [0, 0.1) is 0 Å². The van der Waals surface area contributed by atoms with Gasteiger partial charge < -0.3 is 23.9 Å². The van der Waals surface area contributed by atoms with Crippen molar-refractivity contribution in [2.45, 2.75) is 0 Å². The molecule has 0 saturated carbocycles. The molecule has 0 atom stereocenters. The van der Waals surface area contributed by atoms with Crippen molar-refractivity contribution < 1.29 is 23.4 Å². The Balaban J connectivity index is 1.48. The van der Waals surface area contributed by atoms with Crippen LogP contribution in [0.3, 0.4) is 0 Å². The van der Waals surface area contributed by atoms with E-state index in [1.54, 1.807) is 39.7 Å². The number of furan rings is 1. The van der Waals surface area contributed by atoms with Gasteiger partial charge in [0.2, 0.25) is 5.75 Å². The number of ether oxygens (including phenoxy) is 3. The number of hydrogen-bond acceptors (Lipinski definition) is 6. The zero-order valence-corrected chi connectivity index (χ0v) is 20.1. The first-order valence-electron chi connectivity index (χ1n) is 11.3. The Kier molecular flexibility index (Phi) is 6.28. The van der Waals surface area contributed by atoms with Crippen molar-refractivity contribution >= 4 is 22.7 Å². The Labute approximate surface area is 208 Å². The highest BCUT2D eigenvalue weighted by Crippen LogP contribution is 2.42. The van der Waals surface area contributed by atoms with E-state index < -0.39 is 0 Å². The van der Waals surface area contributed by atoms with Crippen LogP contribution in [-0.4, -0.2) is 32.2 Å². The lowest BCUT2D eigenvalue weighted by Gasteiger charge is -2.13. The predicted octanol–water partition coefficient (Wildman–Crippen LogP) is 6.44. The Morgan fingerprint density at radius 1 is 0.806 bits per heavy atom. The second-order valence-electron chi connectivity index (χ2n) is 8.00. The van der Waals surface area contributed by atoms with E-state index in [0.29, 0.717) is 39.7 Å². The third-order valence-corrected chi connectivity index (χ3v) is 5.85. The van der Waals surface area contributed by atoms with E-state index in [9.17, 15) is 4.79 Å². The van der Waals surface area contributed by atoms with Gasteiger partial charge in [0.15, 0.2) is 17.1 Å². The summed E-state index contributed by atoms with van der Waals surface area (Å²) in [6.07, 6.45) is 1.74. The summed E-state index contributed by atoms with van der Waals surface area (Å²) in [5.74, 6) is 2.02. The van der Waals surface area contributed by atoms with Crippen molar-refractivity contribution in [3.8, 4) is 39.7 Å². The molecule has 0 saturated heterocycles. The molecule has 0 unspecified atom stereocenters. The summed E-state index contributed by atoms with van der Waals surface area (Å²) in [7, 11) is 4.71. The number of aromatic nitrogens is 1. The molecule has 0 aliphatic rings. The summed E-state index contributed by atoms with van der Waals surface area (Å²) in [5, 5.41) is 2.90. The fourth-order valence-corrected chi connectivity index (χ4v) is 4.06. The number of pyridine rings is 1. The van der Waals surface area contributed by atoms with Gasteiger partial charge in [-0.2, -0.15) is 0 Å². The topological polar surface area (TPSA) is 82.8 Å². The standard InChI is InChI=1S/C29H24N2O5/c1-33-25-15-20(16-26(34-2)28(25)35-3)24-17-23-27(36-24)22(13-14-30-23)18-9-11-19(12-10-18)29(32)31-21-7-5-4-6-8-21/h4-17H,1-3H3,(H,31,32). The number of carbonyl (C=O) groups excluding carboxylic acids is 1. The SMILES string of the molecule is COc1cc(-c2cc3nccc(-c4ccc(C(=O)Nc5ccccc5)cc4)c3o2)cc(OC)c1OC. The van der Waals surface area contributed by atoms with E-state index in [1.165, 1.54) is 0 Å². The molecule has 0 fully saturated rings. The van der Waals surface area contributed by atoms with Crippen molar-refractivity contribution in [2.75, 3.05) is 26.6 Å². The number of amides is 1. The molecule has 7 heteroatoms. The summed E-state index contributed by atoms with van der Waals surface area (Å²) in [6.45, 7) is 0. The zero-order chi connectivity index (χ0) is 25.1. The second-order valence-corrected chi connectivity index (χ2v) is 8.00. The average molecular weight is 481 g/mol. The number of carbonyl (C=O) groups is 1. The van der Waals surface area contributed by atoms with Crippen molar-refractivity contribution in [1.82, 2.24) is 4.98 Å². The van der Waals surface area contributed by atoms with Gasteiger partial charge in [-0.3, -0.25) is 9.78 Å². The molecule has 0 bridgehead atoms. The van der Waals surface area contributed by atoms with Crippen LogP contribution in [0.5, 0.6) is 17.2 Å². The third kappa shape index (κ3) is 4.34. The largest absolute Gasteiger partial charge is 0.493 e. The molecular formula is C29H24N2O5. The average Bonchev–Trinajstić information content (AvgIpc) is 3.37. The third-order valence-electron chi connectivity index (χ3n) is 5.85. The number of para-hydroxylation sites is 1. The summed E-state index contributed by atoms with van der Waals surface area (Å²) in [4.78, 5) is 17.1. The summed E-state index contributed by atoms with van der Waals surface area (Å²) < 4.78 is 22.7. The molecular weight excluding hydrogens is 456 g/mol. The van der Waals surface area contributed by atoms with E-state index in [4.69, 9.17) is 18.6 Å². The molecule has 180 valence electrons. The van der Waals surface area contributed by atoms with Crippen LogP contribution in [0.1, 0.15) is 10.4 Å². The van der Waals surface area contributed by atoms with Crippen LogP contribution < -0.4 is 19.5 Å². The Morgan fingerprint density at radius 3 is 2.14 bits per heavy atom. The molecule has 7 nitrogen and oxygen atoms in total. The van der Waals surface area contributed by atoms with E-state index in [-0.39, 0.29) is 5.91 Å². The molecule has 3 aromatic carbocycles. The molecule has 5 aromatic rings. The van der Waals surface area contributed by atoms with Crippen LogP contribution in [0.25, 0.3) is 33.6 Å². The van der Waals surface area contributed by atoms with Crippen molar-refractivity contribution in [1.29, 1.82) is 0 Å². The summed E-state index contributed by atoms with van der Waals surface area (Å²) in [5.41, 5.74) is 5.20. The van der Waals surface area contributed by atoms with Crippen LogP contribution in [-0.2, 0) is 0 Å². The minimum absolute atomic E-state index is 0.171. The van der Waals surface area contributed by atoms with E-state index in [1.807, 2.05) is 66.7 Å². The highest BCUT2D eigenvalue weighted by molar-refractivity contribution is 6.04. The Hall–Kier alpha value is -4.78. The second kappa shape index (κ2) is 9.84. The molecule has 5 rings (SSSR count). The molecule has 2 heterocycles. The number of nitrogens with zero attached hydrogens (tertiary/aromatic N) is 1. The van der Waals surface area contributed by atoms with Gasteiger partial charge in [-0.05, 0) is 48.0 Å². The first kappa shape index (κ1) is 23.0. The maximum atomic E-state index is 12.6. The number of fused-ring (bicyclic) bond motifs is 1. The van der Waals surface area contributed by atoms with Gasteiger partial charge in [0.1, 0.15) is 11.3 Å². The van der Waals surface area contributed by atoms with Crippen LogP contribution in [0.15, 0.2) is 89.5 Å². The molecule has 0 spiro atoms. The molecule has 1 N–H and O–H groups in total. The van der Waals surface area contributed by atoms with E-state index in [0.717, 1.165) is 22.4 Å². The van der Waals surface area contributed by atoms with Crippen LogP contribution >= 0.6 is 0 Å². The lowest BCUT2D eigenvalue weighted by molar-refractivity contribution is 0.102. The molecule has 2 aromatic heterocycles. The highest BCUT2D eigenvalue weighted by atomic mass is 16.5. The van der Waals surface area contributed by atoms with Crippen LogP contribution in [0.4, 0.5) is 5.69 Å². The minimum atomic E-state index is -0.171. The zero-order valence-electron chi connectivity index (χ0n) is 20.1. The molecule has 1 amide bonds. The Bertz CT molecular complexity index is 1500. The summed E-state index contributed by atoms with van der Waals surface area (Å²) >= 11 is 0. The smallest absolute Gasteiger partial charge is 0.255 e. The molecule has 0 aliphatic heterocycles. The number of anilines is 1. The van der Waals surface area contributed by atoms with Gasteiger partial charge in [0.25, 0.3) is 5.91 Å². The number of methoxy groups -OCH3 is 3. The minimum Gasteiger partial charge on any atom is -0.493 e. The Morgan fingerprint density at radius 2 is 1.50 bits per heavy atom. The predicted molar refractivity (Wildman–Crippen MR) is 139 cm³/mol. The number of hydrogen-bond donors (Lipinski definition) is 1. The van der Waals surface area contributed by atoms with Gasteiger partial charge in [-0.15, -0.1) is 0 Å². The van der Waals surface area contributed by atoms with Crippen LogP contribution in [0.2, 0.25) is 0 Å². The van der Waals surface area contributed by atoms with E-state index >= 15 is 0 Å². The highest BCUT2D eigenvalue weighted by Gasteiger charge is 2.18. The molecule has 36 heavy (non-hydrogen) atoms. The maximum absolute atomic E-state index is 12.6. The molecule has 0 aliphatic carbocycles. The quantitative estimate of drug-likeness (QED) is 0.289. The van der Waals surface area contributed by atoms with Crippen molar-refractivity contribution in [2.24, 2.45) is 0 Å². The van der Waals surface area contributed by atoms with Gasteiger partial charge in [0.05, 0.1) is 21.3 Å².